The van der Waals surface area contributed by atoms with Crippen molar-refractivity contribution in [2.24, 2.45) is 0 Å². The lowest BCUT2D eigenvalue weighted by Gasteiger charge is -2.34. The number of hydrogen-bond acceptors (Lipinski definition) is 3. The van der Waals surface area contributed by atoms with Gasteiger partial charge in [-0.2, -0.15) is 0 Å². The zero-order valence-corrected chi connectivity index (χ0v) is 18.0. The second kappa shape index (κ2) is 9.63. The molecule has 4 nitrogen and oxygen atoms in total. The molecule has 0 fully saturated rings. The van der Waals surface area contributed by atoms with E-state index in [1.54, 1.807) is 4.90 Å². The van der Waals surface area contributed by atoms with Gasteiger partial charge in [-0.3, -0.25) is 0 Å². The molecule has 0 saturated heterocycles. The van der Waals surface area contributed by atoms with Crippen LogP contribution in [0.5, 0.6) is 5.75 Å². The highest BCUT2D eigenvalue weighted by molar-refractivity contribution is 5.69. The van der Waals surface area contributed by atoms with E-state index >= 15 is 0 Å². The van der Waals surface area contributed by atoms with E-state index in [0.717, 1.165) is 16.9 Å². The Morgan fingerprint density at radius 2 is 1.79 bits per heavy atom. The van der Waals surface area contributed by atoms with Crippen LogP contribution >= 0.6 is 0 Å². The van der Waals surface area contributed by atoms with Crippen molar-refractivity contribution in [3.8, 4) is 5.75 Å². The maximum atomic E-state index is 12.4. The molecule has 1 amide bonds. The Bertz CT molecular complexity index is 765. The van der Waals surface area contributed by atoms with Crippen LogP contribution in [0.3, 0.4) is 0 Å². The first-order valence-electron chi connectivity index (χ1n) is 10.1. The first-order valence-corrected chi connectivity index (χ1v) is 10.1. The molecule has 2 aromatic rings. The molecular formula is C24H33NO3. The molecule has 0 aromatic heterocycles. The zero-order chi connectivity index (χ0) is 20.7. The van der Waals surface area contributed by atoms with Gasteiger partial charge in [0.15, 0.2) is 0 Å². The maximum absolute atomic E-state index is 12.4. The molecule has 3 rings (SSSR count). The molecule has 152 valence electrons. The molecule has 0 N–H and O–H groups in total. The maximum Gasteiger partial charge on any atom is 0.410 e. The largest absolute Gasteiger partial charge is 0.489 e. The monoisotopic (exact) mass is 383 g/mol. The van der Waals surface area contributed by atoms with Gasteiger partial charge in [0.2, 0.25) is 0 Å². The second-order valence-electron chi connectivity index (χ2n) is 7.90. The summed E-state index contributed by atoms with van der Waals surface area (Å²) in [5.41, 5.74) is 3.07. The van der Waals surface area contributed by atoms with Crippen LogP contribution in [-0.4, -0.2) is 23.1 Å². The minimum Gasteiger partial charge on any atom is -0.489 e. The number of fused-ring (bicyclic) bond motifs is 1. The van der Waals surface area contributed by atoms with E-state index < -0.39 is 5.60 Å². The van der Waals surface area contributed by atoms with Gasteiger partial charge in [0.05, 0.1) is 0 Å². The fourth-order valence-corrected chi connectivity index (χ4v) is 3.17. The number of benzene rings is 2. The van der Waals surface area contributed by atoms with E-state index in [4.69, 9.17) is 9.47 Å². The van der Waals surface area contributed by atoms with Crippen LogP contribution < -0.4 is 4.74 Å². The highest BCUT2D eigenvalue weighted by Crippen LogP contribution is 2.32. The van der Waals surface area contributed by atoms with Gasteiger partial charge in [-0.15, -0.1) is 0 Å². The first kappa shape index (κ1) is 21.8. The van der Waals surface area contributed by atoms with Crippen LogP contribution in [-0.2, 0) is 17.9 Å². The van der Waals surface area contributed by atoms with Gasteiger partial charge < -0.3 is 14.4 Å². The SMILES string of the molecule is CC.CC1CN(C(=O)OC(C)(C)C)Cc2ccc(OCc3ccccc3)cc21. The standard InChI is InChI=1S/C22H27NO3.C2H6/c1-16-13-23(21(24)26-22(2,3)4)14-18-10-11-19(12-20(16)18)25-15-17-8-6-5-7-9-17;1-2/h5-12,16H,13-15H2,1-4H3;1-2H3. The Morgan fingerprint density at radius 3 is 2.43 bits per heavy atom. The number of nitrogens with zero attached hydrogens (tertiary/aromatic N) is 1. The molecule has 1 atom stereocenters. The van der Waals surface area contributed by atoms with Crippen molar-refractivity contribution in [3.05, 3.63) is 65.2 Å². The average molecular weight is 384 g/mol. The third-order valence-corrected chi connectivity index (χ3v) is 4.40. The van der Waals surface area contributed by atoms with Gasteiger partial charge in [0.1, 0.15) is 18.0 Å². The Morgan fingerprint density at radius 1 is 1.11 bits per heavy atom. The Kier molecular flexibility index (Phi) is 7.50. The molecule has 0 saturated carbocycles. The predicted molar refractivity (Wildman–Crippen MR) is 114 cm³/mol. The average Bonchev–Trinajstić information content (AvgIpc) is 2.67. The Labute approximate surface area is 169 Å². The van der Waals surface area contributed by atoms with E-state index in [1.807, 2.05) is 58.9 Å². The highest BCUT2D eigenvalue weighted by Gasteiger charge is 2.29. The number of carbonyl (C=O) groups is 1. The second-order valence-corrected chi connectivity index (χ2v) is 7.90. The number of rotatable bonds is 3. The van der Waals surface area contributed by atoms with Crippen LogP contribution in [0, 0.1) is 0 Å². The third kappa shape index (κ3) is 6.01. The zero-order valence-electron chi connectivity index (χ0n) is 18.0. The fourth-order valence-electron chi connectivity index (χ4n) is 3.17. The predicted octanol–water partition coefficient (Wildman–Crippen LogP) is 6.15. The molecule has 0 bridgehead atoms. The minimum absolute atomic E-state index is 0.242. The molecule has 28 heavy (non-hydrogen) atoms. The topological polar surface area (TPSA) is 38.8 Å². The summed E-state index contributed by atoms with van der Waals surface area (Å²) in [5, 5.41) is 0. The molecular weight excluding hydrogens is 350 g/mol. The van der Waals surface area contributed by atoms with Crippen molar-refractivity contribution in [3.63, 3.8) is 0 Å². The molecule has 1 unspecified atom stereocenters. The molecule has 0 aliphatic carbocycles. The van der Waals surface area contributed by atoms with Crippen molar-refractivity contribution in [2.75, 3.05) is 6.54 Å². The summed E-state index contributed by atoms with van der Waals surface area (Å²) < 4.78 is 11.5. The van der Waals surface area contributed by atoms with Crippen molar-refractivity contribution in [2.45, 2.75) is 66.2 Å². The third-order valence-electron chi connectivity index (χ3n) is 4.40. The van der Waals surface area contributed by atoms with E-state index in [2.05, 4.69) is 31.2 Å². The van der Waals surface area contributed by atoms with Gasteiger partial charge in [-0.25, -0.2) is 4.79 Å². The summed E-state index contributed by atoms with van der Waals surface area (Å²) in [7, 11) is 0. The quantitative estimate of drug-likeness (QED) is 0.638. The minimum atomic E-state index is -0.476. The van der Waals surface area contributed by atoms with Gasteiger partial charge in [-0.1, -0.05) is 57.2 Å². The van der Waals surface area contributed by atoms with Crippen LogP contribution in [0.25, 0.3) is 0 Å². The smallest absolute Gasteiger partial charge is 0.410 e. The van der Waals surface area contributed by atoms with E-state index in [0.29, 0.717) is 19.7 Å². The lowest BCUT2D eigenvalue weighted by Crippen LogP contribution is -2.41. The lowest BCUT2D eigenvalue weighted by molar-refractivity contribution is 0.0209. The first-order chi connectivity index (χ1) is 13.3. The molecule has 1 aliphatic rings. The van der Waals surface area contributed by atoms with E-state index in [9.17, 15) is 4.79 Å². The number of ether oxygens (including phenoxy) is 2. The molecule has 4 heteroatoms. The summed E-state index contributed by atoms with van der Waals surface area (Å²) in [4.78, 5) is 14.2. The summed E-state index contributed by atoms with van der Waals surface area (Å²) >= 11 is 0. The molecule has 2 aromatic carbocycles. The summed E-state index contributed by atoms with van der Waals surface area (Å²) in [6.45, 7) is 13.6. The molecule has 1 heterocycles. The van der Waals surface area contributed by atoms with Crippen molar-refractivity contribution in [1.82, 2.24) is 4.90 Å². The normalized spacial score (nSPS) is 15.8. The summed E-state index contributed by atoms with van der Waals surface area (Å²) in [5.74, 6) is 1.11. The molecule has 0 radical (unpaired) electrons. The van der Waals surface area contributed by atoms with Gasteiger partial charge >= 0.3 is 6.09 Å². The summed E-state index contributed by atoms with van der Waals surface area (Å²) in [6, 6.07) is 16.3. The number of amides is 1. The van der Waals surface area contributed by atoms with Gasteiger partial charge in [-0.05, 0) is 55.5 Å². The number of carbonyl (C=O) groups excluding carboxylic acids is 1. The summed E-state index contributed by atoms with van der Waals surface area (Å²) in [6.07, 6.45) is -0.251. The lowest BCUT2D eigenvalue weighted by atomic mass is 9.91. The van der Waals surface area contributed by atoms with E-state index in [1.165, 1.54) is 5.56 Å². The fraction of sp³-hybridized carbons (Fsp3) is 0.458. The van der Waals surface area contributed by atoms with Crippen molar-refractivity contribution in [1.29, 1.82) is 0 Å². The van der Waals surface area contributed by atoms with Crippen molar-refractivity contribution >= 4 is 6.09 Å². The van der Waals surface area contributed by atoms with Gasteiger partial charge in [0, 0.05) is 13.1 Å². The highest BCUT2D eigenvalue weighted by atomic mass is 16.6. The molecule has 1 aliphatic heterocycles. The van der Waals surface area contributed by atoms with Gasteiger partial charge in [0.25, 0.3) is 0 Å². The Balaban J connectivity index is 0.00000136. The Hall–Kier alpha value is -2.49. The number of hydrogen-bond donors (Lipinski definition) is 0. The van der Waals surface area contributed by atoms with Crippen LogP contribution in [0.15, 0.2) is 48.5 Å². The van der Waals surface area contributed by atoms with Crippen LogP contribution in [0.2, 0.25) is 0 Å². The molecule has 0 spiro atoms. The van der Waals surface area contributed by atoms with E-state index in [-0.39, 0.29) is 12.0 Å². The van der Waals surface area contributed by atoms with Crippen LogP contribution in [0.1, 0.15) is 64.2 Å². The van der Waals surface area contributed by atoms with Crippen molar-refractivity contribution < 1.29 is 14.3 Å². The van der Waals surface area contributed by atoms with Crippen LogP contribution in [0.4, 0.5) is 4.79 Å².